The maximum absolute atomic E-state index is 11.5. The van der Waals surface area contributed by atoms with E-state index in [0.29, 0.717) is 23.9 Å². The van der Waals surface area contributed by atoms with Gasteiger partial charge in [0.1, 0.15) is 11.3 Å². The zero-order valence-electron chi connectivity index (χ0n) is 10.2. The Labute approximate surface area is 101 Å². The molecule has 94 valence electrons. The maximum Gasteiger partial charge on any atom is 0.341 e. The van der Waals surface area contributed by atoms with Crippen LogP contribution in [0.5, 0.6) is 0 Å². The lowest BCUT2D eigenvalue weighted by Gasteiger charge is -2.33. The molecule has 2 rings (SSSR count). The molecule has 0 unspecified atom stereocenters. The van der Waals surface area contributed by atoms with Gasteiger partial charge in [0.15, 0.2) is 0 Å². The van der Waals surface area contributed by atoms with Crippen molar-refractivity contribution >= 4 is 5.97 Å². The Hall–Kier alpha value is -1.33. The minimum absolute atomic E-state index is 0.337. The molecule has 1 fully saturated rings. The molecule has 1 N–H and O–H groups in total. The molecular formula is C12H18N2O3. The lowest BCUT2D eigenvalue weighted by atomic mass is 10.2. The molecule has 0 saturated carbocycles. The van der Waals surface area contributed by atoms with Gasteiger partial charge in [-0.3, -0.25) is 4.90 Å². The van der Waals surface area contributed by atoms with Gasteiger partial charge >= 0.3 is 5.97 Å². The predicted octanol–water partition coefficient (Wildman–Crippen LogP) is 0.860. The van der Waals surface area contributed by atoms with Crippen LogP contribution in [-0.2, 0) is 11.3 Å². The third-order valence-corrected chi connectivity index (χ3v) is 3.14. The third-order valence-electron chi connectivity index (χ3n) is 3.14. The molecule has 0 aromatic carbocycles. The summed E-state index contributed by atoms with van der Waals surface area (Å²) in [5, 5.41) is 3.33. The standard InChI is InChI=1S/C12H18N2O3/c1-9-7-13-4-5-14(9)8-11-10(3-6-17-11)12(15)16-2/h3,6,9,13H,4-5,7-8H2,1-2H3/t9-/m0/s1. The molecule has 5 nitrogen and oxygen atoms in total. The Morgan fingerprint density at radius 3 is 3.24 bits per heavy atom. The summed E-state index contributed by atoms with van der Waals surface area (Å²) in [4.78, 5) is 13.8. The zero-order chi connectivity index (χ0) is 12.3. The number of nitrogens with zero attached hydrogens (tertiary/aromatic N) is 1. The van der Waals surface area contributed by atoms with Crippen molar-refractivity contribution in [3.05, 3.63) is 23.7 Å². The fraction of sp³-hybridized carbons (Fsp3) is 0.583. The Kier molecular flexibility index (Phi) is 3.81. The lowest BCUT2D eigenvalue weighted by molar-refractivity contribution is 0.0594. The molecular weight excluding hydrogens is 220 g/mol. The highest BCUT2D eigenvalue weighted by atomic mass is 16.5. The largest absolute Gasteiger partial charge is 0.467 e. The number of rotatable bonds is 3. The number of carbonyl (C=O) groups excluding carboxylic acids is 1. The van der Waals surface area contributed by atoms with Crippen LogP contribution < -0.4 is 5.32 Å². The van der Waals surface area contributed by atoms with Gasteiger partial charge in [-0.05, 0) is 13.0 Å². The summed E-state index contributed by atoms with van der Waals surface area (Å²) in [6, 6.07) is 2.10. The molecule has 1 aromatic heterocycles. The molecule has 0 spiro atoms. The van der Waals surface area contributed by atoms with Gasteiger partial charge in [0.25, 0.3) is 0 Å². The lowest BCUT2D eigenvalue weighted by Crippen LogP contribution is -2.49. The van der Waals surface area contributed by atoms with Gasteiger partial charge in [0.2, 0.25) is 0 Å². The number of carbonyl (C=O) groups is 1. The number of methoxy groups -OCH3 is 1. The summed E-state index contributed by atoms with van der Waals surface area (Å²) < 4.78 is 10.1. The van der Waals surface area contributed by atoms with Crippen LogP contribution >= 0.6 is 0 Å². The summed E-state index contributed by atoms with van der Waals surface area (Å²) in [5.74, 6) is 0.349. The van der Waals surface area contributed by atoms with Crippen molar-refractivity contribution in [2.24, 2.45) is 0 Å². The first-order chi connectivity index (χ1) is 8.22. The zero-order valence-corrected chi connectivity index (χ0v) is 10.2. The first kappa shape index (κ1) is 12.1. The fourth-order valence-corrected chi connectivity index (χ4v) is 2.06. The van der Waals surface area contributed by atoms with Crippen molar-refractivity contribution < 1.29 is 13.9 Å². The molecule has 1 aliphatic heterocycles. The number of hydrogen-bond donors (Lipinski definition) is 1. The highest BCUT2D eigenvalue weighted by Crippen LogP contribution is 2.16. The van der Waals surface area contributed by atoms with Crippen LogP contribution in [0, 0.1) is 0 Å². The van der Waals surface area contributed by atoms with Gasteiger partial charge in [-0.15, -0.1) is 0 Å². The van der Waals surface area contributed by atoms with Crippen molar-refractivity contribution in [1.29, 1.82) is 0 Å². The fourth-order valence-electron chi connectivity index (χ4n) is 2.06. The number of hydrogen-bond acceptors (Lipinski definition) is 5. The van der Waals surface area contributed by atoms with Gasteiger partial charge in [0, 0.05) is 25.7 Å². The van der Waals surface area contributed by atoms with Gasteiger partial charge in [-0.2, -0.15) is 0 Å². The van der Waals surface area contributed by atoms with Gasteiger partial charge in [-0.25, -0.2) is 4.79 Å². The Bertz CT molecular complexity index is 389. The average molecular weight is 238 g/mol. The second-order valence-corrected chi connectivity index (χ2v) is 4.27. The van der Waals surface area contributed by atoms with E-state index < -0.39 is 0 Å². The van der Waals surface area contributed by atoms with Gasteiger partial charge in [0.05, 0.1) is 19.9 Å². The van der Waals surface area contributed by atoms with E-state index in [-0.39, 0.29) is 5.97 Å². The number of nitrogens with one attached hydrogen (secondary N) is 1. The van der Waals surface area contributed by atoms with E-state index in [0.717, 1.165) is 19.6 Å². The Balaban J connectivity index is 2.07. The topological polar surface area (TPSA) is 54.7 Å². The number of esters is 1. The van der Waals surface area contributed by atoms with E-state index in [9.17, 15) is 4.79 Å². The van der Waals surface area contributed by atoms with Gasteiger partial charge in [-0.1, -0.05) is 0 Å². The second-order valence-electron chi connectivity index (χ2n) is 4.27. The van der Waals surface area contributed by atoms with E-state index >= 15 is 0 Å². The molecule has 17 heavy (non-hydrogen) atoms. The van der Waals surface area contributed by atoms with Crippen molar-refractivity contribution in [2.45, 2.75) is 19.5 Å². The molecule has 0 aliphatic carbocycles. The van der Waals surface area contributed by atoms with Crippen LogP contribution in [0.25, 0.3) is 0 Å². The Morgan fingerprint density at radius 2 is 2.53 bits per heavy atom. The number of furan rings is 1. The van der Waals surface area contributed by atoms with Crippen molar-refractivity contribution in [3.8, 4) is 0 Å². The van der Waals surface area contributed by atoms with E-state index in [1.165, 1.54) is 13.4 Å². The van der Waals surface area contributed by atoms with Crippen LogP contribution in [0.1, 0.15) is 23.0 Å². The molecule has 0 bridgehead atoms. The van der Waals surface area contributed by atoms with E-state index in [1.807, 2.05) is 0 Å². The van der Waals surface area contributed by atoms with E-state index in [2.05, 4.69) is 17.1 Å². The highest BCUT2D eigenvalue weighted by molar-refractivity contribution is 5.90. The van der Waals surface area contributed by atoms with Crippen LogP contribution in [-0.4, -0.2) is 43.7 Å². The third kappa shape index (κ3) is 2.68. The van der Waals surface area contributed by atoms with Crippen LogP contribution in [0.3, 0.4) is 0 Å². The minimum Gasteiger partial charge on any atom is -0.467 e. The van der Waals surface area contributed by atoms with Crippen molar-refractivity contribution in [2.75, 3.05) is 26.7 Å². The predicted molar refractivity (Wildman–Crippen MR) is 62.8 cm³/mol. The van der Waals surface area contributed by atoms with E-state index in [1.54, 1.807) is 6.07 Å². The van der Waals surface area contributed by atoms with Crippen LogP contribution in [0.2, 0.25) is 0 Å². The average Bonchev–Trinajstić information content (AvgIpc) is 2.79. The summed E-state index contributed by atoms with van der Waals surface area (Å²) >= 11 is 0. The Morgan fingerprint density at radius 1 is 1.71 bits per heavy atom. The second kappa shape index (κ2) is 5.33. The summed E-state index contributed by atoms with van der Waals surface area (Å²) in [7, 11) is 1.38. The van der Waals surface area contributed by atoms with E-state index in [4.69, 9.17) is 9.15 Å². The minimum atomic E-state index is -0.337. The molecule has 1 aliphatic rings. The monoisotopic (exact) mass is 238 g/mol. The quantitative estimate of drug-likeness (QED) is 0.791. The SMILES string of the molecule is COC(=O)c1ccoc1CN1CCNC[C@@H]1C. The van der Waals surface area contributed by atoms with Crippen LogP contribution in [0.15, 0.2) is 16.7 Å². The normalized spacial score (nSPS) is 21.4. The molecule has 5 heteroatoms. The molecule has 1 aromatic rings. The summed E-state index contributed by atoms with van der Waals surface area (Å²) in [6.45, 7) is 5.71. The first-order valence-corrected chi connectivity index (χ1v) is 5.82. The maximum atomic E-state index is 11.5. The molecule has 1 atom stereocenters. The smallest absolute Gasteiger partial charge is 0.341 e. The summed E-state index contributed by atoms with van der Waals surface area (Å²) in [5.41, 5.74) is 0.526. The molecule has 0 amide bonds. The molecule has 1 saturated heterocycles. The molecule has 0 radical (unpaired) electrons. The summed E-state index contributed by atoms with van der Waals surface area (Å²) in [6.07, 6.45) is 1.54. The molecule has 2 heterocycles. The highest BCUT2D eigenvalue weighted by Gasteiger charge is 2.22. The van der Waals surface area contributed by atoms with Crippen LogP contribution in [0.4, 0.5) is 0 Å². The van der Waals surface area contributed by atoms with Gasteiger partial charge < -0.3 is 14.5 Å². The number of ether oxygens (including phenoxy) is 1. The van der Waals surface area contributed by atoms with Crippen molar-refractivity contribution in [1.82, 2.24) is 10.2 Å². The first-order valence-electron chi connectivity index (χ1n) is 5.82. The van der Waals surface area contributed by atoms with Crippen molar-refractivity contribution in [3.63, 3.8) is 0 Å². The number of piperazine rings is 1.